The first kappa shape index (κ1) is 16.9. The van der Waals surface area contributed by atoms with Crippen LogP contribution >= 0.6 is 63.7 Å². The van der Waals surface area contributed by atoms with Crippen LogP contribution in [0.1, 0.15) is 27.7 Å². The van der Waals surface area contributed by atoms with Gasteiger partial charge in [0, 0.05) is 21.5 Å². The highest BCUT2D eigenvalue weighted by atomic mass is 79.9. The molecule has 1 nitrogen and oxygen atoms in total. The molecule has 0 heterocycles. The third kappa shape index (κ3) is 6.39. The predicted molar refractivity (Wildman–Crippen MR) is 81.6 cm³/mol. The highest BCUT2D eigenvalue weighted by Gasteiger charge is 2.26. The van der Waals surface area contributed by atoms with E-state index in [9.17, 15) is 0 Å². The Morgan fingerprint density at radius 1 is 0.667 bits per heavy atom. The van der Waals surface area contributed by atoms with E-state index in [1.807, 2.05) is 0 Å². The van der Waals surface area contributed by atoms with E-state index in [1.165, 1.54) is 0 Å². The fourth-order valence-corrected chi connectivity index (χ4v) is 3.83. The summed E-state index contributed by atoms with van der Waals surface area (Å²) in [5.74, 6) is 0.839. The molecule has 6 atom stereocenters. The maximum absolute atomic E-state index is 5.87. The minimum Gasteiger partial charge on any atom is -0.352 e. The van der Waals surface area contributed by atoms with Crippen LogP contribution in [-0.2, 0) is 4.74 Å². The lowest BCUT2D eigenvalue weighted by Gasteiger charge is -2.27. The second-order valence-electron chi connectivity index (χ2n) is 3.91. The van der Waals surface area contributed by atoms with Gasteiger partial charge in [0.25, 0.3) is 0 Å². The first-order valence-corrected chi connectivity index (χ1v) is 8.65. The second-order valence-corrected chi connectivity index (χ2v) is 8.61. The van der Waals surface area contributed by atoms with Gasteiger partial charge in [-0.15, -0.1) is 0 Å². The van der Waals surface area contributed by atoms with Crippen molar-refractivity contribution in [2.24, 2.45) is 11.8 Å². The molecule has 0 aliphatic heterocycles. The van der Waals surface area contributed by atoms with E-state index in [1.54, 1.807) is 0 Å². The molecule has 0 aliphatic carbocycles. The van der Waals surface area contributed by atoms with Gasteiger partial charge in [0.15, 0.2) is 0 Å². The molecule has 0 aromatic heterocycles. The van der Waals surface area contributed by atoms with E-state index in [-0.39, 0.29) is 10.0 Å². The van der Waals surface area contributed by atoms with Gasteiger partial charge in [-0.05, 0) is 0 Å². The van der Waals surface area contributed by atoms with Gasteiger partial charge in [-0.3, -0.25) is 0 Å². The van der Waals surface area contributed by atoms with Gasteiger partial charge in [-0.25, -0.2) is 0 Å². The molecule has 5 heteroatoms. The summed E-state index contributed by atoms with van der Waals surface area (Å²) in [5, 5.41) is 0.120. The van der Waals surface area contributed by atoms with Crippen molar-refractivity contribution in [2.45, 2.75) is 47.4 Å². The highest BCUT2D eigenvalue weighted by Crippen LogP contribution is 2.29. The number of hydrogen-bond donors (Lipinski definition) is 0. The molecule has 0 bridgehead atoms. The number of halogens is 4. The molecule has 6 unspecified atom stereocenters. The quantitative estimate of drug-likeness (QED) is 0.477. The Morgan fingerprint density at radius 3 is 1.13 bits per heavy atom. The Kier molecular flexibility index (Phi) is 9.08. The molecule has 0 radical (unpaired) electrons. The molecular formula is C10H18Br4O. The molecule has 0 fully saturated rings. The van der Waals surface area contributed by atoms with E-state index in [0.29, 0.717) is 21.5 Å². The first-order chi connectivity index (χ1) is 6.77. The summed E-state index contributed by atoms with van der Waals surface area (Å²) in [7, 11) is 0. The maximum atomic E-state index is 5.87. The van der Waals surface area contributed by atoms with Crippen molar-refractivity contribution < 1.29 is 4.74 Å². The Hall–Kier alpha value is 1.88. The third-order valence-electron chi connectivity index (χ3n) is 2.54. The standard InChI is InChI=1S/C10H18Br4O/c1-5(7(3)11)9(13)15-10(14)6(2)8(4)12/h5-10H,1-4H3. The number of ether oxygens (including phenoxy) is 1. The SMILES string of the molecule is CC(Br)C(C)C(Br)OC(Br)C(C)C(C)Br. The van der Waals surface area contributed by atoms with Gasteiger partial charge >= 0.3 is 0 Å². The van der Waals surface area contributed by atoms with Crippen LogP contribution in [0, 0.1) is 11.8 Å². The molecule has 15 heavy (non-hydrogen) atoms. The lowest BCUT2D eigenvalue weighted by atomic mass is 10.1. The zero-order chi connectivity index (χ0) is 12.2. The Morgan fingerprint density at radius 2 is 0.933 bits per heavy atom. The molecule has 92 valence electrons. The molecule has 0 aromatic rings. The lowest BCUT2D eigenvalue weighted by molar-refractivity contribution is 0.0436. The monoisotopic (exact) mass is 470 g/mol. The normalized spacial score (nSPS) is 24.0. The molecule has 0 aliphatic rings. The van der Waals surface area contributed by atoms with Gasteiger partial charge in [0.1, 0.15) is 10.0 Å². The molecule has 0 spiro atoms. The van der Waals surface area contributed by atoms with Crippen molar-refractivity contribution in [1.82, 2.24) is 0 Å². The van der Waals surface area contributed by atoms with Crippen LogP contribution in [0.25, 0.3) is 0 Å². The van der Waals surface area contributed by atoms with Crippen LogP contribution in [0.15, 0.2) is 0 Å². The smallest absolute Gasteiger partial charge is 0.117 e. The largest absolute Gasteiger partial charge is 0.352 e. The Bertz CT molecular complexity index is 157. The summed E-state index contributed by atoms with van der Waals surface area (Å²) >= 11 is 14.3. The average Bonchev–Trinajstić information content (AvgIpc) is 2.14. The van der Waals surface area contributed by atoms with Crippen LogP contribution in [0.3, 0.4) is 0 Å². The third-order valence-corrected chi connectivity index (χ3v) is 6.30. The second kappa shape index (κ2) is 8.06. The minimum absolute atomic E-state index is 0.0601. The summed E-state index contributed by atoms with van der Waals surface area (Å²) in [6, 6.07) is 0. The Balaban J connectivity index is 4.11. The molecule has 0 amide bonds. The van der Waals surface area contributed by atoms with Gasteiger partial charge in [0.05, 0.1) is 0 Å². The van der Waals surface area contributed by atoms with E-state index < -0.39 is 0 Å². The van der Waals surface area contributed by atoms with E-state index >= 15 is 0 Å². The number of rotatable bonds is 6. The molecule has 0 rings (SSSR count). The lowest BCUT2D eigenvalue weighted by Crippen LogP contribution is -2.29. The molecule has 0 aromatic carbocycles. The van der Waals surface area contributed by atoms with Crippen LogP contribution < -0.4 is 0 Å². The van der Waals surface area contributed by atoms with E-state index in [2.05, 4.69) is 91.4 Å². The maximum Gasteiger partial charge on any atom is 0.117 e. The summed E-state index contributed by atoms with van der Waals surface area (Å²) in [5.41, 5.74) is 0. The average molecular weight is 474 g/mol. The summed E-state index contributed by atoms with van der Waals surface area (Å²) < 4.78 is 5.87. The van der Waals surface area contributed by atoms with Gasteiger partial charge in [-0.1, -0.05) is 91.4 Å². The van der Waals surface area contributed by atoms with Crippen LogP contribution in [0.2, 0.25) is 0 Å². The van der Waals surface area contributed by atoms with Crippen molar-refractivity contribution in [3.05, 3.63) is 0 Å². The summed E-state index contributed by atoms with van der Waals surface area (Å²) in [6.07, 6.45) is 0. The Labute approximate surface area is 127 Å². The number of hydrogen-bond acceptors (Lipinski definition) is 1. The van der Waals surface area contributed by atoms with E-state index in [4.69, 9.17) is 4.74 Å². The molecule has 0 N–H and O–H groups in total. The first-order valence-electron chi connectivity index (χ1n) is 4.99. The summed E-state index contributed by atoms with van der Waals surface area (Å²) in [6.45, 7) is 8.56. The molecule has 0 saturated heterocycles. The zero-order valence-electron chi connectivity index (χ0n) is 9.38. The van der Waals surface area contributed by atoms with Crippen molar-refractivity contribution in [3.8, 4) is 0 Å². The molecule has 0 saturated carbocycles. The van der Waals surface area contributed by atoms with Crippen LogP contribution in [-0.4, -0.2) is 19.7 Å². The predicted octanol–water partition coefficient (Wildman–Crippen LogP) is 5.28. The van der Waals surface area contributed by atoms with Crippen molar-refractivity contribution >= 4 is 63.7 Å². The fraction of sp³-hybridized carbons (Fsp3) is 1.00. The van der Waals surface area contributed by atoms with E-state index in [0.717, 1.165) is 0 Å². The number of alkyl halides is 4. The highest BCUT2D eigenvalue weighted by molar-refractivity contribution is 9.10. The van der Waals surface area contributed by atoms with Crippen molar-refractivity contribution in [1.29, 1.82) is 0 Å². The fourth-order valence-electron chi connectivity index (χ4n) is 0.789. The van der Waals surface area contributed by atoms with Gasteiger partial charge in [0.2, 0.25) is 0 Å². The van der Waals surface area contributed by atoms with Gasteiger partial charge in [-0.2, -0.15) is 0 Å². The molecular weight excluding hydrogens is 456 g/mol. The zero-order valence-corrected chi connectivity index (χ0v) is 15.7. The summed E-state index contributed by atoms with van der Waals surface area (Å²) in [4.78, 5) is 0.858. The topological polar surface area (TPSA) is 9.23 Å². The van der Waals surface area contributed by atoms with Crippen LogP contribution in [0.4, 0.5) is 0 Å². The minimum atomic E-state index is 0.0601. The van der Waals surface area contributed by atoms with Crippen molar-refractivity contribution in [3.63, 3.8) is 0 Å². The van der Waals surface area contributed by atoms with Crippen LogP contribution in [0.5, 0.6) is 0 Å². The van der Waals surface area contributed by atoms with Gasteiger partial charge < -0.3 is 4.74 Å². The van der Waals surface area contributed by atoms with Crippen molar-refractivity contribution in [2.75, 3.05) is 0 Å².